The Hall–Kier alpha value is -2.72. The zero-order chi connectivity index (χ0) is 21.0. The van der Waals surface area contributed by atoms with Crippen LogP contribution in [0.4, 0.5) is 14.5 Å². The maximum atomic E-state index is 14.0. The fourth-order valence-electron chi connectivity index (χ4n) is 3.21. The second-order valence-electron chi connectivity index (χ2n) is 6.79. The van der Waals surface area contributed by atoms with E-state index in [0.717, 1.165) is 18.1 Å². The van der Waals surface area contributed by atoms with E-state index in [0.29, 0.717) is 31.3 Å². The van der Waals surface area contributed by atoms with Crippen molar-refractivity contribution < 1.29 is 17.2 Å². The summed E-state index contributed by atoms with van der Waals surface area (Å²) >= 11 is 0. The Kier molecular flexibility index (Phi) is 6.33. The van der Waals surface area contributed by atoms with Crippen molar-refractivity contribution in [2.75, 3.05) is 25.0 Å². The molecule has 1 heterocycles. The van der Waals surface area contributed by atoms with E-state index >= 15 is 0 Å². The number of benzene rings is 2. The van der Waals surface area contributed by atoms with Crippen LogP contribution in [0.2, 0.25) is 0 Å². The van der Waals surface area contributed by atoms with Crippen LogP contribution in [-0.4, -0.2) is 40.6 Å². The van der Waals surface area contributed by atoms with Crippen LogP contribution < -0.4 is 20.7 Å². The lowest BCUT2D eigenvalue weighted by Gasteiger charge is -2.21. The minimum Gasteiger partial charge on any atom is -0.367 e. The number of primary sulfonamides is 1. The van der Waals surface area contributed by atoms with Crippen molar-refractivity contribution in [3.63, 3.8) is 0 Å². The molecule has 4 N–H and O–H groups in total. The Morgan fingerprint density at radius 3 is 2.59 bits per heavy atom. The minimum atomic E-state index is -3.71. The number of anilines is 1. The fourth-order valence-corrected chi connectivity index (χ4v) is 3.72. The summed E-state index contributed by atoms with van der Waals surface area (Å²) in [5.41, 5.74) is 1.25. The predicted molar refractivity (Wildman–Crippen MR) is 108 cm³/mol. The highest BCUT2D eigenvalue weighted by molar-refractivity contribution is 7.89. The number of sulfonamides is 1. The zero-order valence-corrected chi connectivity index (χ0v) is 16.7. The molecule has 1 atom stereocenters. The van der Waals surface area contributed by atoms with E-state index in [1.54, 1.807) is 19.2 Å². The minimum absolute atomic E-state index is 0.0513. The molecule has 0 amide bonds. The second-order valence-corrected chi connectivity index (χ2v) is 8.35. The third-order valence-electron chi connectivity index (χ3n) is 4.71. The zero-order valence-electron chi connectivity index (χ0n) is 15.9. The van der Waals surface area contributed by atoms with Gasteiger partial charge in [-0.05, 0) is 36.2 Å². The van der Waals surface area contributed by atoms with Gasteiger partial charge in [0.05, 0.1) is 10.6 Å². The molecular weight excluding hydrogens is 400 g/mol. The van der Waals surface area contributed by atoms with Gasteiger partial charge < -0.3 is 15.5 Å². The average molecular weight is 423 g/mol. The molecule has 0 spiro atoms. The van der Waals surface area contributed by atoms with E-state index in [9.17, 15) is 17.2 Å². The molecule has 1 unspecified atom stereocenters. The molecule has 0 saturated carbocycles. The number of halogens is 2. The van der Waals surface area contributed by atoms with Crippen LogP contribution in [-0.2, 0) is 16.6 Å². The van der Waals surface area contributed by atoms with Crippen molar-refractivity contribution in [2.45, 2.75) is 23.9 Å². The number of hydrogen-bond acceptors (Lipinski definition) is 4. The number of guanidine groups is 1. The van der Waals surface area contributed by atoms with Gasteiger partial charge in [-0.15, -0.1) is 0 Å². The largest absolute Gasteiger partial charge is 0.367 e. The highest BCUT2D eigenvalue weighted by Crippen LogP contribution is 2.24. The third kappa shape index (κ3) is 5.42. The molecule has 156 valence electrons. The number of nitrogens with two attached hydrogens (primary N) is 1. The van der Waals surface area contributed by atoms with Gasteiger partial charge in [-0.2, -0.15) is 0 Å². The van der Waals surface area contributed by atoms with Gasteiger partial charge in [-0.3, -0.25) is 4.99 Å². The Morgan fingerprint density at radius 1 is 1.24 bits per heavy atom. The molecular formula is C19H23F2N5O2S. The molecule has 1 aliphatic rings. The van der Waals surface area contributed by atoms with Crippen LogP contribution >= 0.6 is 0 Å². The number of rotatable bonds is 5. The summed E-state index contributed by atoms with van der Waals surface area (Å²) < 4.78 is 49.7. The molecule has 1 saturated heterocycles. The maximum absolute atomic E-state index is 14.0. The normalized spacial score (nSPS) is 17.4. The Labute approximate surface area is 168 Å². The van der Waals surface area contributed by atoms with Gasteiger partial charge in [-0.1, -0.05) is 12.1 Å². The van der Waals surface area contributed by atoms with Crippen molar-refractivity contribution in [2.24, 2.45) is 10.1 Å². The summed E-state index contributed by atoms with van der Waals surface area (Å²) in [5, 5.41) is 11.5. The molecule has 1 aliphatic heterocycles. The lowest BCUT2D eigenvalue weighted by atomic mass is 10.2. The molecule has 29 heavy (non-hydrogen) atoms. The highest BCUT2D eigenvalue weighted by atomic mass is 32.2. The summed E-state index contributed by atoms with van der Waals surface area (Å²) in [4.78, 5) is 6.11. The first-order valence-corrected chi connectivity index (χ1v) is 10.6. The summed E-state index contributed by atoms with van der Waals surface area (Å²) in [5.74, 6) is -0.593. The lowest BCUT2D eigenvalue weighted by Crippen LogP contribution is -2.44. The quantitative estimate of drug-likeness (QED) is 0.501. The van der Waals surface area contributed by atoms with Gasteiger partial charge in [0.1, 0.15) is 11.6 Å². The van der Waals surface area contributed by atoms with Crippen LogP contribution in [0.15, 0.2) is 52.4 Å². The predicted octanol–water partition coefficient (Wildman–Crippen LogP) is 1.56. The van der Waals surface area contributed by atoms with Crippen molar-refractivity contribution in [3.05, 3.63) is 59.7 Å². The summed E-state index contributed by atoms with van der Waals surface area (Å²) in [6.45, 7) is 1.64. The first kappa shape index (κ1) is 21.0. The Morgan fingerprint density at radius 2 is 1.97 bits per heavy atom. The molecule has 2 aromatic carbocycles. The summed E-state index contributed by atoms with van der Waals surface area (Å²) in [7, 11) is -2.07. The highest BCUT2D eigenvalue weighted by Gasteiger charge is 2.25. The Bertz CT molecular complexity index is 996. The monoisotopic (exact) mass is 423 g/mol. The van der Waals surface area contributed by atoms with Crippen LogP contribution in [0.5, 0.6) is 0 Å². The smallest absolute Gasteiger partial charge is 0.238 e. The lowest BCUT2D eigenvalue weighted by molar-refractivity contribution is 0.580. The van der Waals surface area contributed by atoms with Gasteiger partial charge in [0.15, 0.2) is 5.96 Å². The van der Waals surface area contributed by atoms with Crippen LogP contribution in [0.1, 0.15) is 12.0 Å². The molecule has 3 rings (SSSR count). The number of aliphatic imine (C=N–C) groups is 1. The molecule has 0 aliphatic carbocycles. The third-order valence-corrected chi connectivity index (χ3v) is 5.64. The van der Waals surface area contributed by atoms with E-state index in [1.165, 1.54) is 24.3 Å². The van der Waals surface area contributed by atoms with Gasteiger partial charge in [0, 0.05) is 38.8 Å². The number of hydrogen-bond donors (Lipinski definition) is 3. The molecule has 1 fully saturated rings. The molecule has 2 aromatic rings. The topological polar surface area (TPSA) is 99.8 Å². The van der Waals surface area contributed by atoms with E-state index in [1.807, 2.05) is 4.90 Å². The van der Waals surface area contributed by atoms with Crippen LogP contribution in [0.3, 0.4) is 0 Å². The van der Waals surface area contributed by atoms with Crippen molar-refractivity contribution in [1.29, 1.82) is 0 Å². The first-order valence-electron chi connectivity index (χ1n) is 9.05. The summed E-state index contributed by atoms with van der Waals surface area (Å²) in [6, 6.07) is 9.89. The van der Waals surface area contributed by atoms with Crippen molar-refractivity contribution in [3.8, 4) is 0 Å². The van der Waals surface area contributed by atoms with Gasteiger partial charge >= 0.3 is 0 Å². The van der Waals surface area contributed by atoms with E-state index in [-0.39, 0.29) is 10.9 Å². The summed E-state index contributed by atoms with van der Waals surface area (Å²) in [6.07, 6.45) is 0.778. The molecule has 10 heteroatoms. The SMILES string of the molecule is CN=C(NCc1ccc(S(N)(=O)=O)cc1)NC1CCN(c2ccc(F)cc2F)C1. The van der Waals surface area contributed by atoms with Gasteiger partial charge in [0.2, 0.25) is 10.0 Å². The van der Waals surface area contributed by atoms with Crippen LogP contribution in [0, 0.1) is 11.6 Å². The number of nitrogens with zero attached hydrogens (tertiary/aromatic N) is 2. The van der Waals surface area contributed by atoms with Crippen LogP contribution in [0.25, 0.3) is 0 Å². The first-order chi connectivity index (χ1) is 13.8. The second kappa shape index (κ2) is 8.75. The fraction of sp³-hybridized carbons (Fsp3) is 0.316. The maximum Gasteiger partial charge on any atom is 0.238 e. The molecule has 0 aromatic heterocycles. The van der Waals surface area contributed by atoms with E-state index in [4.69, 9.17) is 5.14 Å². The average Bonchev–Trinajstić information content (AvgIpc) is 3.13. The Balaban J connectivity index is 1.54. The standard InChI is InChI=1S/C19H23F2N5O2S/c1-23-19(24-11-13-2-5-16(6-3-13)29(22,27)28)25-15-8-9-26(12-15)18-7-4-14(20)10-17(18)21/h2-7,10,15H,8-9,11-12H2,1H3,(H2,22,27,28)(H2,23,24,25). The molecule has 0 bridgehead atoms. The van der Waals surface area contributed by atoms with Gasteiger partial charge in [0.25, 0.3) is 0 Å². The number of nitrogens with one attached hydrogen (secondary N) is 2. The molecule has 0 radical (unpaired) electrons. The van der Waals surface area contributed by atoms with E-state index < -0.39 is 21.7 Å². The van der Waals surface area contributed by atoms with Crippen molar-refractivity contribution >= 4 is 21.7 Å². The van der Waals surface area contributed by atoms with Gasteiger partial charge in [-0.25, -0.2) is 22.3 Å². The van der Waals surface area contributed by atoms with Crippen molar-refractivity contribution in [1.82, 2.24) is 10.6 Å². The molecule has 7 nitrogen and oxygen atoms in total. The van der Waals surface area contributed by atoms with E-state index in [2.05, 4.69) is 15.6 Å².